The second-order valence-electron chi connectivity index (χ2n) is 6.98. The Hall–Kier alpha value is -3.85. The zero-order valence-corrected chi connectivity index (χ0v) is 18.3. The number of aryl methyl sites for hydroxylation is 1. The number of rotatable bonds is 6. The number of hydrogen-bond donors (Lipinski definition) is 1. The van der Waals surface area contributed by atoms with Gasteiger partial charge in [0.15, 0.2) is 5.65 Å². The first-order valence-electron chi connectivity index (χ1n) is 9.54. The standard InChI is InChI=1S/C22H19ClN4O5/c1-12-18-19(25-21(23)24-12)26(11-14-6-9-16(31-2)10-17(14)32-3)22(30)27(18)15-7-4-13(5-8-15)20(28)29/h4-10H,11H2,1-3H3,(H,28,29). The van der Waals surface area contributed by atoms with E-state index < -0.39 is 5.97 Å². The molecule has 0 spiro atoms. The molecule has 0 unspecified atom stereocenters. The molecule has 10 heteroatoms. The highest BCUT2D eigenvalue weighted by molar-refractivity contribution is 6.28. The number of methoxy groups -OCH3 is 2. The summed E-state index contributed by atoms with van der Waals surface area (Å²) in [6, 6.07) is 11.3. The Bertz CT molecular complexity index is 1390. The number of aromatic carboxylic acids is 1. The molecular weight excluding hydrogens is 436 g/mol. The van der Waals surface area contributed by atoms with Crippen LogP contribution in [0.5, 0.6) is 11.5 Å². The van der Waals surface area contributed by atoms with Crippen LogP contribution in [-0.4, -0.2) is 44.4 Å². The van der Waals surface area contributed by atoms with E-state index in [-0.39, 0.29) is 23.1 Å². The number of fused-ring (bicyclic) bond motifs is 1. The van der Waals surface area contributed by atoms with E-state index in [4.69, 9.17) is 21.1 Å². The molecule has 0 saturated heterocycles. The summed E-state index contributed by atoms with van der Waals surface area (Å²) < 4.78 is 13.6. The van der Waals surface area contributed by atoms with E-state index >= 15 is 0 Å². The van der Waals surface area contributed by atoms with Gasteiger partial charge in [-0.1, -0.05) is 0 Å². The van der Waals surface area contributed by atoms with Crippen molar-refractivity contribution in [1.29, 1.82) is 0 Å². The van der Waals surface area contributed by atoms with Gasteiger partial charge in [0.1, 0.15) is 17.0 Å². The van der Waals surface area contributed by atoms with Crippen molar-refractivity contribution < 1.29 is 19.4 Å². The summed E-state index contributed by atoms with van der Waals surface area (Å²) in [5, 5.41) is 9.19. The molecule has 2 aromatic heterocycles. The number of hydrogen-bond acceptors (Lipinski definition) is 6. The van der Waals surface area contributed by atoms with Crippen LogP contribution in [0.25, 0.3) is 16.9 Å². The molecule has 164 valence electrons. The average molecular weight is 455 g/mol. The number of carboxylic acids is 1. The van der Waals surface area contributed by atoms with E-state index in [0.717, 1.165) is 5.56 Å². The molecule has 0 aliphatic rings. The van der Waals surface area contributed by atoms with Gasteiger partial charge in [-0.05, 0) is 54.9 Å². The van der Waals surface area contributed by atoms with E-state index in [1.165, 1.54) is 28.4 Å². The van der Waals surface area contributed by atoms with Crippen molar-refractivity contribution in [2.45, 2.75) is 13.5 Å². The third-order valence-electron chi connectivity index (χ3n) is 5.11. The molecule has 0 aliphatic heterocycles. The number of halogens is 1. The number of nitrogens with zero attached hydrogens (tertiary/aromatic N) is 4. The number of carbonyl (C=O) groups is 1. The van der Waals surface area contributed by atoms with Gasteiger partial charge in [-0.15, -0.1) is 0 Å². The third kappa shape index (κ3) is 3.67. The van der Waals surface area contributed by atoms with Crippen LogP contribution in [0, 0.1) is 6.92 Å². The molecule has 4 rings (SSSR count). The van der Waals surface area contributed by atoms with Gasteiger partial charge in [-0.3, -0.25) is 9.13 Å². The van der Waals surface area contributed by atoms with Crippen LogP contribution in [0.15, 0.2) is 47.3 Å². The fourth-order valence-electron chi connectivity index (χ4n) is 3.56. The van der Waals surface area contributed by atoms with E-state index in [2.05, 4.69) is 9.97 Å². The Morgan fingerprint density at radius 3 is 2.44 bits per heavy atom. The zero-order chi connectivity index (χ0) is 23.0. The summed E-state index contributed by atoms with van der Waals surface area (Å²) in [5.74, 6) is 0.129. The highest BCUT2D eigenvalue weighted by Crippen LogP contribution is 2.27. The van der Waals surface area contributed by atoms with Crippen molar-refractivity contribution in [2.75, 3.05) is 14.2 Å². The lowest BCUT2D eigenvalue weighted by Gasteiger charge is -2.11. The molecule has 0 aliphatic carbocycles. The molecule has 4 aromatic rings. The van der Waals surface area contributed by atoms with Gasteiger partial charge < -0.3 is 14.6 Å². The van der Waals surface area contributed by atoms with Crippen LogP contribution in [-0.2, 0) is 6.54 Å². The molecule has 9 nitrogen and oxygen atoms in total. The topological polar surface area (TPSA) is 108 Å². The lowest BCUT2D eigenvalue weighted by atomic mass is 10.2. The molecule has 0 bridgehead atoms. The number of carboxylic acid groups (broad SMARTS) is 1. The number of benzene rings is 2. The number of aromatic nitrogens is 4. The van der Waals surface area contributed by atoms with Crippen LogP contribution in [0.2, 0.25) is 5.28 Å². The number of imidazole rings is 1. The molecule has 0 atom stereocenters. The van der Waals surface area contributed by atoms with Crippen LogP contribution in [0.4, 0.5) is 0 Å². The molecule has 1 N–H and O–H groups in total. The minimum atomic E-state index is -1.05. The average Bonchev–Trinajstić information content (AvgIpc) is 3.05. The Morgan fingerprint density at radius 2 is 1.81 bits per heavy atom. The van der Waals surface area contributed by atoms with Crippen LogP contribution in [0.3, 0.4) is 0 Å². The first-order chi connectivity index (χ1) is 15.3. The molecule has 0 fully saturated rings. The molecular formula is C22H19ClN4O5. The van der Waals surface area contributed by atoms with Gasteiger partial charge in [-0.2, -0.15) is 4.98 Å². The van der Waals surface area contributed by atoms with Crippen molar-refractivity contribution in [3.63, 3.8) is 0 Å². The Morgan fingerprint density at radius 1 is 1.09 bits per heavy atom. The zero-order valence-electron chi connectivity index (χ0n) is 17.5. The fraction of sp³-hybridized carbons (Fsp3) is 0.182. The quantitative estimate of drug-likeness (QED) is 0.445. The summed E-state index contributed by atoms with van der Waals surface area (Å²) in [6.07, 6.45) is 0. The van der Waals surface area contributed by atoms with Crippen molar-refractivity contribution in [3.05, 3.63) is 75.1 Å². The van der Waals surface area contributed by atoms with Gasteiger partial charge in [0, 0.05) is 11.6 Å². The maximum Gasteiger partial charge on any atom is 0.335 e. The maximum atomic E-state index is 13.5. The second-order valence-corrected chi connectivity index (χ2v) is 7.32. The smallest absolute Gasteiger partial charge is 0.335 e. The first-order valence-corrected chi connectivity index (χ1v) is 9.92. The Labute approximate surface area is 187 Å². The van der Waals surface area contributed by atoms with E-state index in [9.17, 15) is 14.7 Å². The second kappa shape index (κ2) is 8.35. The third-order valence-corrected chi connectivity index (χ3v) is 5.28. The summed E-state index contributed by atoms with van der Waals surface area (Å²) in [4.78, 5) is 33.2. The summed E-state index contributed by atoms with van der Waals surface area (Å²) in [5.41, 5.74) is 2.31. The predicted molar refractivity (Wildman–Crippen MR) is 118 cm³/mol. The van der Waals surface area contributed by atoms with Crippen LogP contribution < -0.4 is 15.2 Å². The lowest BCUT2D eigenvalue weighted by Crippen LogP contribution is -2.24. The van der Waals surface area contributed by atoms with Gasteiger partial charge in [0.05, 0.1) is 37.7 Å². The van der Waals surface area contributed by atoms with Crippen LogP contribution in [0.1, 0.15) is 21.6 Å². The molecule has 2 aromatic carbocycles. The van der Waals surface area contributed by atoms with Crippen molar-refractivity contribution >= 4 is 28.7 Å². The van der Waals surface area contributed by atoms with Crippen LogP contribution >= 0.6 is 11.6 Å². The summed E-state index contributed by atoms with van der Waals surface area (Å²) in [6.45, 7) is 1.89. The minimum Gasteiger partial charge on any atom is -0.497 e. The van der Waals surface area contributed by atoms with Gasteiger partial charge in [0.25, 0.3) is 0 Å². The van der Waals surface area contributed by atoms with E-state index in [0.29, 0.717) is 34.0 Å². The summed E-state index contributed by atoms with van der Waals surface area (Å²) >= 11 is 6.11. The van der Waals surface area contributed by atoms with Crippen molar-refractivity contribution in [3.8, 4) is 17.2 Å². The van der Waals surface area contributed by atoms with Gasteiger partial charge >= 0.3 is 11.7 Å². The van der Waals surface area contributed by atoms with E-state index in [1.807, 2.05) is 6.07 Å². The predicted octanol–water partition coefficient (Wildman–Crippen LogP) is 3.31. The Kier molecular flexibility index (Phi) is 5.58. The first kappa shape index (κ1) is 21.4. The highest BCUT2D eigenvalue weighted by Gasteiger charge is 2.21. The van der Waals surface area contributed by atoms with Crippen molar-refractivity contribution in [2.24, 2.45) is 0 Å². The van der Waals surface area contributed by atoms with E-state index in [1.54, 1.807) is 38.3 Å². The minimum absolute atomic E-state index is 0.0174. The summed E-state index contributed by atoms with van der Waals surface area (Å²) in [7, 11) is 3.10. The normalized spacial score (nSPS) is 11.0. The molecule has 0 saturated carbocycles. The Balaban J connectivity index is 1.94. The molecule has 0 amide bonds. The monoisotopic (exact) mass is 454 g/mol. The number of ether oxygens (including phenoxy) is 2. The SMILES string of the molecule is COc1ccc(Cn2c(=O)n(-c3ccc(C(=O)O)cc3)c3c(C)nc(Cl)nc32)c(OC)c1. The van der Waals surface area contributed by atoms with Gasteiger partial charge in [-0.25, -0.2) is 14.6 Å². The molecule has 32 heavy (non-hydrogen) atoms. The maximum absolute atomic E-state index is 13.5. The molecule has 0 radical (unpaired) electrons. The van der Waals surface area contributed by atoms with Gasteiger partial charge in [0.2, 0.25) is 5.28 Å². The molecule has 2 heterocycles. The largest absolute Gasteiger partial charge is 0.497 e. The highest BCUT2D eigenvalue weighted by atomic mass is 35.5. The van der Waals surface area contributed by atoms with Crippen molar-refractivity contribution in [1.82, 2.24) is 19.1 Å². The fourth-order valence-corrected chi connectivity index (χ4v) is 3.77. The lowest BCUT2D eigenvalue weighted by molar-refractivity contribution is 0.0697.